The summed E-state index contributed by atoms with van der Waals surface area (Å²) < 4.78 is 16.5. The molecule has 0 fully saturated rings. The molecule has 0 spiro atoms. The van der Waals surface area contributed by atoms with Gasteiger partial charge in [-0.05, 0) is 59.8 Å². The lowest BCUT2D eigenvalue weighted by Gasteiger charge is -2.20. The molecule has 2 heterocycles. The van der Waals surface area contributed by atoms with Gasteiger partial charge in [-0.2, -0.15) is 15.1 Å². The maximum Gasteiger partial charge on any atom is 0.283 e. The molecule has 0 saturated heterocycles. The van der Waals surface area contributed by atoms with E-state index in [0.717, 1.165) is 22.1 Å². The van der Waals surface area contributed by atoms with E-state index < -0.39 is 5.91 Å². The van der Waals surface area contributed by atoms with Gasteiger partial charge in [0.05, 0.1) is 12.7 Å². The number of methoxy groups -OCH3 is 1. The number of nitrogens with zero attached hydrogens (tertiary/aromatic N) is 3. The number of hydrazone groups is 1. The summed E-state index contributed by atoms with van der Waals surface area (Å²) in [6.45, 7) is 4.82. The van der Waals surface area contributed by atoms with Crippen LogP contribution in [0.15, 0.2) is 64.2 Å². The van der Waals surface area contributed by atoms with E-state index in [1.54, 1.807) is 13.2 Å². The van der Waals surface area contributed by atoms with Gasteiger partial charge in [-0.3, -0.25) is 10.2 Å². The van der Waals surface area contributed by atoms with Crippen molar-refractivity contribution in [2.24, 2.45) is 16.0 Å². The number of carbonyl (C=O) groups is 1. The van der Waals surface area contributed by atoms with E-state index in [0.29, 0.717) is 24.1 Å². The molecule has 33 heavy (non-hydrogen) atoms. The Hall–Kier alpha value is -3.59. The van der Waals surface area contributed by atoms with Gasteiger partial charge < -0.3 is 14.2 Å². The molecule has 2 aliphatic rings. The minimum absolute atomic E-state index is 0.0316. The molecule has 0 aliphatic carbocycles. The number of amides is 1. The van der Waals surface area contributed by atoms with Crippen molar-refractivity contribution < 1.29 is 19.0 Å². The fraction of sp³-hybridized carbons (Fsp3) is 0.250. The summed E-state index contributed by atoms with van der Waals surface area (Å²) in [5.41, 5.74) is 0.971. The molecular weight excluding hydrogens is 440 g/mol. The lowest BCUT2D eigenvalue weighted by atomic mass is 10.1. The van der Waals surface area contributed by atoms with Crippen molar-refractivity contribution in [1.82, 2.24) is 5.01 Å². The van der Waals surface area contributed by atoms with Crippen molar-refractivity contribution in [2.75, 3.05) is 20.3 Å². The molecule has 0 bridgehead atoms. The van der Waals surface area contributed by atoms with E-state index in [4.69, 9.17) is 19.6 Å². The molecule has 0 aromatic heterocycles. The Labute approximate surface area is 196 Å². The zero-order valence-corrected chi connectivity index (χ0v) is 19.4. The van der Waals surface area contributed by atoms with Gasteiger partial charge in [-0.1, -0.05) is 26.0 Å². The Morgan fingerprint density at radius 1 is 1.00 bits per heavy atom. The number of thioether (sulfide) groups is 1. The number of carbonyl (C=O) groups excluding carboxylic acids is 1. The van der Waals surface area contributed by atoms with E-state index in [-0.39, 0.29) is 17.3 Å². The molecular formula is C24H24N4O4S. The van der Waals surface area contributed by atoms with Crippen LogP contribution in [0.25, 0.3) is 6.08 Å². The first-order chi connectivity index (χ1) is 15.9. The van der Waals surface area contributed by atoms with Gasteiger partial charge in [-0.25, -0.2) is 0 Å². The van der Waals surface area contributed by atoms with Crippen molar-refractivity contribution in [3.8, 4) is 17.2 Å². The summed E-state index contributed by atoms with van der Waals surface area (Å²) >= 11 is 1.33. The second-order valence-electron chi connectivity index (χ2n) is 7.55. The number of nitrogens with one attached hydrogen (secondary N) is 1. The van der Waals surface area contributed by atoms with Gasteiger partial charge in [0.15, 0.2) is 5.84 Å². The molecule has 9 heteroatoms. The smallest absolute Gasteiger partial charge is 0.283 e. The summed E-state index contributed by atoms with van der Waals surface area (Å²) in [4.78, 5) is 16.6. The normalized spacial score (nSPS) is 16.6. The van der Waals surface area contributed by atoms with E-state index in [9.17, 15) is 4.79 Å². The molecule has 2 aromatic rings. The first-order valence-electron chi connectivity index (χ1n) is 10.4. The van der Waals surface area contributed by atoms with Crippen LogP contribution in [0.4, 0.5) is 0 Å². The highest BCUT2D eigenvalue weighted by Gasteiger charge is 2.36. The number of benzene rings is 2. The van der Waals surface area contributed by atoms with Gasteiger partial charge in [0.25, 0.3) is 5.91 Å². The van der Waals surface area contributed by atoms with Crippen molar-refractivity contribution in [3.05, 3.63) is 59.7 Å². The van der Waals surface area contributed by atoms with Crippen molar-refractivity contribution in [3.63, 3.8) is 0 Å². The maximum absolute atomic E-state index is 12.5. The Kier molecular flexibility index (Phi) is 6.79. The largest absolute Gasteiger partial charge is 0.497 e. The fourth-order valence-corrected chi connectivity index (χ4v) is 3.95. The number of aliphatic imine (C=N–C) groups is 1. The quantitative estimate of drug-likeness (QED) is 0.459. The molecule has 170 valence electrons. The van der Waals surface area contributed by atoms with Gasteiger partial charge in [0.2, 0.25) is 5.17 Å². The van der Waals surface area contributed by atoms with Gasteiger partial charge in [-0.15, -0.1) is 0 Å². The zero-order valence-electron chi connectivity index (χ0n) is 18.6. The summed E-state index contributed by atoms with van der Waals surface area (Å²) in [7, 11) is 1.62. The second kappa shape index (κ2) is 9.91. The van der Waals surface area contributed by atoms with E-state index in [2.05, 4.69) is 10.1 Å². The third kappa shape index (κ3) is 5.25. The lowest BCUT2D eigenvalue weighted by molar-refractivity contribution is -0.114. The molecule has 8 nitrogen and oxygen atoms in total. The molecule has 1 N–H and O–H groups in total. The molecule has 2 aromatic carbocycles. The number of amidine groups is 2. The zero-order chi connectivity index (χ0) is 23.4. The van der Waals surface area contributed by atoms with Crippen LogP contribution >= 0.6 is 11.8 Å². The average Bonchev–Trinajstić information content (AvgIpc) is 3.25. The van der Waals surface area contributed by atoms with Gasteiger partial charge in [0.1, 0.15) is 35.5 Å². The lowest BCUT2D eigenvalue weighted by Crippen LogP contribution is -2.35. The summed E-state index contributed by atoms with van der Waals surface area (Å²) in [5, 5.41) is 15.6. The van der Waals surface area contributed by atoms with Gasteiger partial charge in [0, 0.05) is 5.92 Å². The fourth-order valence-electron chi connectivity index (χ4n) is 3.06. The number of rotatable bonds is 8. The minimum Gasteiger partial charge on any atom is -0.497 e. The monoisotopic (exact) mass is 464 g/mol. The summed E-state index contributed by atoms with van der Waals surface area (Å²) in [6, 6.07) is 14.6. The van der Waals surface area contributed by atoms with Crippen LogP contribution in [0.3, 0.4) is 0 Å². The Balaban J connectivity index is 1.34. The number of fused-ring (bicyclic) bond motifs is 1. The third-order valence-corrected chi connectivity index (χ3v) is 6.04. The molecule has 2 aliphatic heterocycles. The highest BCUT2D eigenvalue weighted by atomic mass is 32.2. The summed E-state index contributed by atoms with van der Waals surface area (Å²) in [5.74, 6) is 2.00. The predicted octanol–water partition coefficient (Wildman–Crippen LogP) is 4.43. The highest BCUT2D eigenvalue weighted by Crippen LogP contribution is 2.30. The van der Waals surface area contributed by atoms with E-state index in [1.807, 2.05) is 62.4 Å². The highest BCUT2D eigenvalue weighted by molar-refractivity contribution is 8.27. The summed E-state index contributed by atoms with van der Waals surface area (Å²) in [6.07, 6.45) is 1.65. The molecule has 0 atom stereocenters. The molecule has 0 radical (unpaired) electrons. The van der Waals surface area contributed by atoms with E-state index >= 15 is 0 Å². The number of hydrogen-bond donors (Lipinski definition) is 1. The topological polar surface area (TPSA) is 96.6 Å². The Morgan fingerprint density at radius 3 is 2.15 bits per heavy atom. The first-order valence-corrected chi connectivity index (χ1v) is 11.3. The molecule has 0 unspecified atom stereocenters. The van der Waals surface area contributed by atoms with Crippen LogP contribution in [0.5, 0.6) is 17.2 Å². The standard InChI is InChI=1S/C24H24N4O4S/c1-15(2)23-27-28-21(25)20(22(29)26-24(28)33-23)14-16-4-6-18(7-5-16)31-12-13-32-19-10-8-17(30-3)9-11-19/h4-11,14-15,25H,12-13H2,1-3H3/b20-14+,25-21?. The third-order valence-electron chi connectivity index (χ3n) is 4.84. The van der Waals surface area contributed by atoms with Crippen LogP contribution in [-0.2, 0) is 4.79 Å². The van der Waals surface area contributed by atoms with Crippen molar-refractivity contribution >= 4 is 39.8 Å². The van der Waals surface area contributed by atoms with Crippen LogP contribution in [0.2, 0.25) is 0 Å². The molecule has 1 amide bonds. The number of hydrogen-bond acceptors (Lipinski definition) is 7. The number of ether oxygens (including phenoxy) is 3. The van der Waals surface area contributed by atoms with Crippen LogP contribution in [0, 0.1) is 11.3 Å². The van der Waals surface area contributed by atoms with Gasteiger partial charge >= 0.3 is 0 Å². The van der Waals surface area contributed by atoms with E-state index in [1.165, 1.54) is 16.8 Å². The Bertz CT molecular complexity index is 1140. The average molecular weight is 465 g/mol. The minimum atomic E-state index is -0.435. The Morgan fingerprint density at radius 2 is 1.58 bits per heavy atom. The van der Waals surface area contributed by atoms with Crippen molar-refractivity contribution in [1.29, 1.82) is 5.41 Å². The van der Waals surface area contributed by atoms with Crippen LogP contribution in [-0.4, -0.2) is 47.3 Å². The maximum atomic E-state index is 12.5. The van der Waals surface area contributed by atoms with Crippen LogP contribution < -0.4 is 14.2 Å². The van der Waals surface area contributed by atoms with Crippen molar-refractivity contribution in [2.45, 2.75) is 13.8 Å². The second-order valence-corrected chi connectivity index (χ2v) is 8.54. The first kappa shape index (κ1) is 22.6. The molecule has 4 rings (SSSR count). The van der Waals surface area contributed by atoms with Crippen LogP contribution in [0.1, 0.15) is 19.4 Å². The molecule has 0 saturated carbocycles. The predicted molar refractivity (Wildman–Crippen MR) is 130 cm³/mol. The SMILES string of the molecule is COc1ccc(OCCOc2ccc(/C=C3\C(=N)N4N=C(C(C)C)SC4=NC3=O)cc2)cc1.